The highest BCUT2D eigenvalue weighted by Crippen LogP contribution is 2.26. The largest absolute Gasteiger partial charge is 0.327 e. The van der Waals surface area contributed by atoms with E-state index in [2.05, 4.69) is 26.3 Å². The maximum Gasteiger partial charge on any atom is 0.281 e. The Labute approximate surface area is 141 Å². The second-order valence-corrected chi connectivity index (χ2v) is 6.16. The second-order valence-electron chi connectivity index (χ2n) is 4.92. The van der Waals surface area contributed by atoms with Crippen molar-refractivity contribution in [2.45, 2.75) is 6.92 Å². The van der Waals surface area contributed by atoms with Crippen LogP contribution < -0.4 is 10.2 Å². The third-order valence-corrected chi connectivity index (χ3v) is 4.32. The first-order valence-corrected chi connectivity index (χ1v) is 7.79. The molecule has 0 spiro atoms. The third kappa shape index (κ3) is 2.57. The van der Waals surface area contributed by atoms with Gasteiger partial charge in [-0.2, -0.15) is 5.10 Å². The van der Waals surface area contributed by atoms with E-state index in [1.165, 1.54) is 4.90 Å². The molecule has 2 aromatic rings. The molecular weight excluding hydrogens is 364 g/mol. The van der Waals surface area contributed by atoms with Crippen LogP contribution in [0.25, 0.3) is 6.08 Å². The fourth-order valence-corrected chi connectivity index (χ4v) is 3.00. The summed E-state index contributed by atoms with van der Waals surface area (Å²) in [5.74, 6) is -0.183. The zero-order valence-electron chi connectivity index (χ0n) is 12.0. The average Bonchev–Trinajstić information content (AvgIpc) is 2.92. The molecule has 0 radical (unpaired) electrons. The molecule has 0 unspecified atom stereocenters. The number of aromatic nitrogens is 2. The summed E-state index contributed by atoms with van der Waals surface area (Å²) in [5, 5.41) is 7.59. The van der Waals surface area contributed by atoms with Gasteiger partial charge in [0.05, 0.1) is 11.4 Å². The van der Waals surface area contributed by atoms with Crippen molar-refractivity contribution in [1.29, 1.82) is 0 Å². The number of nitrogens with zero attached hydrogens (tertiary/aromatic N) is 3. The van der Waals surface area contributed by atoms with Gasteiger partial charge in [0, 0.05) is 17.7 Å². The number of carbonyl (C=O) groups is 1. The van der Waals surface area contributed by atoms with Gasteiger partial charge in [-0.3, -0.25) is 9.48 Å². The number of hydrogen-bond donors (Lipinski definition) is 1. The predicted molar refractivity (Wildman–Crippen MR) is 93.3 cm³/mol. The minimum atomic E-state index is -0.183. The van der Waals surface area contributed by atoms with Crippen LogP contribution in [0.4, 0.5) is 5.69 Å². The molecule has 1 aliphatic rings. The highest BCUT2D eigenvalue weighted by Gasteiger charge is 2.33. The zero-order valence-corrected chi connectivity index (χ0v) is 14.4. The number of carbonyl (C=O) groups excluding carboxylic acids is 1. The Morgan fingerprint density at radius 1 is 1.36 bits per heavy atom. The second kappa shape index (κ2) is 5.66. The van der Waals surface area contributed by atoms with Gasteiger partial charge in [0.15, 0.2) is 5.11 Å². The highest BCUT2D eigenvalue weighted by molar-refractivity contribution is 9.10. The summed E-state index contributed by atoms with van der Waals surface area (Å²) in [6.45, 7) is 1.85. The van der Waals surface area contributed by atoms with Crippen molar-refractivity contribution in [3.8, 4) is 0 Å². The number of amides is 1. The Morgan fingerprint density at radius 2 is 2.09 bits per heavy atom. The van der Waals surface area contributed by atoms with Gasteiger partial charge in [0.1, 0.15) is 5.70 Å². The van der Waals surface area contributed by atoms with E-state index in [9.17, 15) is 4.79 Å². The first kappa shape index (κ1) is 14.9. The van der Waals surface area contributed by atoms with E-state index >= 15 is 0 Å². The van der Waals surface area contributed by atoms with Gasteiger partial charge in [-0.15, -0.1) is 0 Å². The molecule has 0 atom stereocenters. The Hall–Kier alpha value is -1.99. The SMILES string of the molecule is Cc1nn(C)cc1N1C(=O)/C(=C\c2ccccc2Br)NC1=S. The van der Waals surface area contributed by atoms with Crippen molar-refractivity contribution >= 4 is 50.9 Å². The molecule has 1 aliphatic heterocycles. The molecular formula is C15H13BrN4OS. The topological polar surface area (TPSA) is 50.2 Å². The van der Waals surface area contributed by atoms with Crippen molar-refractivity contribution < 1.29 is 4.79 Å². The van der Waals surface area contributed by atoms with Crippen LogP contribution in [-0.2, 0) is 11.8 Å². The Morgan fingerprint density at radius 3 is 2.73 bits per heavy atom. The number of nitrogens with one attached hydrogen (secondary N) is 1. The number of anilines is 1. The molecule has 0 bridgehead atoms. The molecule has 1 saturated heterocycles. The molecule has 1 N–H and O–H groups in total. The lowest BCUT2D eigenvalue weighted by Gasteiger charge is -2.11. The molecule has 3 rings (SSSR count). The van der Waals surface area contributed by atoms with Crippen LogP contribution >= 0.6 is 28.1 Å². The van der Waals surface area contributed by atoms with Crippen molar-refractivity contribution in [3.63, 3.8) is 0 Å². The quantitative estimate of drug-likeness (QED) is 0.646. The van der Waals surface area contributed by atoms with Gasteiger partial charge in [-0.25, -0.2) is 4.90 Å². The fraction of sp³-hybridized carbons (Fsp3) is 0.133. The van der Waals surface area contributed by atoms with Crippen LogP contribution in [0.1, 0.15) is 11.3 Å². The Balaban J connectivity index is 1.99. The van der Waals surface area contributed by atoms with Crippen molar-refractivity contribution in [3.05, 3.63) is 51.9 Å². The fourth-order valence-electron chi connectivity index (χ4n) is 2.31. The minimum Gasteiger partial charge on any atom is -0.327 e. The smallest absolute Gasteiger partial charge is 0.281 e. The normalized spacial score (nSPS) is 16.5. The monoisotopic (exact) mass is 376 g/mol. The van der Waals surface area contributed by atoms with Crippen molar-refractivity contribution in [1.82, 2.24) is 15.1 Å². The van der Waals surface area contributed by atoms with Crippen LogP contribution in [0.5, 0.6) is 0 Å². The minimum absolute atomic E-state index is 0.183. The first-order chi connectivity index (χ1) is 10.5. The molecule has 1 fully saturated rings. The van der Waals surface area contributed by atoms with E-state index < -0.39 is 0 Å². The predicted octanol–water partition coefficient (Wildman–Crippen LogP) is 2.75. The number of hydrogen-bond acceptors (Lipinski definition) is 3. The summed E-state index contributed by atoms with van der Waals surface area (Å²) in [6, 6.07) is 7.68. The molecule has 7 heteroatoms. The first-order valence-electron chi connectivity index (χ1n) is 6.59. The molecule has 22 heavy (non-hydrogen) atoms. The van der Waals surface area contributed by atoms with Crippen molar-refractivity contribution in [2.24, 2.45) is 7.05 Å². The van der Waals surface area contributed by atoms with E-state index in [-0.39, 0.29) is 5.91 Å². The Kier molecular flexibility index (Phi) is 3.84. The van der Waals surface area contributed by atoms with Crippen LogP contribution in [0, 0.1) is 6.92 Å². The van der Waals surface area contributed by atoms with Gasteiger partial charge in [0.25, 0.3) is 5.91 Å². The number of thiocarbonyl (C=S) groups is 1. The highest BCUT2D eigenvalue weighted by atomic mass is 79.9. The van der Waals surface area contributed by atoms with E-state index in [1.807, 2.05) is 38.2 Å². The van der Waals surface area contributed by atoms with Gasteiger partial charge >= 0.3 is 0 Å². The van der Waals surface area contributed by atoms with E-state index in [0.29, 0.717) is 16.5 Å². The molecule has 1 aromatic heterocycles. The molecule has 112 valence electrons. The summed E-state index contributed by atoms with van der Waals surface area (Å²) < 4.78 is 2.58. The lowest BCUT2D eigenvalue weighted by Crippen LogP contribution is -2.30. The Bertz CT molecular complexity index is 812. The third-order valence-electron chi connectivity index (χ3n) is 3.31. The van der Waals surface area contributed by atoms with E-state index in [1.54, 1.807) is 17.0 Å². The van der Waals surface area contributed by atoms with Gasteiger partial charge in [-0.1, -0.05) is 34.1 Å². The van der Waals surface area contributed by atoms with E-state index in [0.717, 1.165) is 15.7 Å². The van der Waals surface area contributed by atoms with Crippen LogP contribution in [-0.4, -0.2) is 20.8 Å². The number of benzene rings is 1. The van der Waals surface area contributed by atoms with Crippen LogP contribution in [0.3, 0.4) is 0 Å². The van der Waals surface area contributed by atoms with Gasteiger partial charge < -0.3 is 5.32 Å². The summed E-state index contributed by atoms with van der Waals surface area (Å²) in [6.07, 6.45) is 3.56. The number of rotatable bonds is 2. The lowest BCUT2D eigenvalue weighted by molar-refractivity contribution is -0.113. The molecule has 5 nitrogen and oxygen atoms in total. The number of aryl methyl sites for hydroxylation is 2. The van der Waals surface area contributed by atoms with Gasteiger partial charge in [-0.05, 0) is 36.8 Å². The standard InChI is InChI=1S/C15H13BrN4OS/c1-9-13(8-19(2)18-9)20-14(21)12(17-15(20)22)7-10-5-3-4-6-11(10)16/h3-8H,1-2H3,(H,17,22)/b12-7+. The maximum absolute atomic E-state index is 12.6. The maximum atomic E-state index is 12.6. The molecule has 0 aliphatic carbocycles. The summed E-state index contributed by atoms with van der Waals surface area (Å²) in [4.78, 5) is 14.1. The van der Waals surface area contributed by atoms with Crippen LogP contribution in [0.15, 0.2) is 40.6 Å². The summed E-state index contributed by atoms with van der Waals surface area (Å²) >= 11 is 8.77. The van der Waals surface area contributed by atoms with Crippen LogP contribution in [0.2, 0.25) is 0 Å². The number of halogens is 1. The molecule has 2 heterocycles. The summed E-state index contributed by atoms with van der Waals surface area (Å²) in [5.41, 5.74) is 2.80. The molecule has 1 amide bonds. The average molecular weight is 377 g/mol. The lowest BCUT2D eigenvalue weighted by atomic mass is 10.2. The van der Waals surface area contributed by atoms with Gasteiger partial charge in [0.2, 0.25) is 0 Å². The van der Waals surface area contributed by atoms with E-state index in [4.69, 9.17) is 12.2 Å². The molecule has 1 aromatic carbocycles. The summed E-state index contributed by atoms with van der Waals surface area (Å²) in [7, 11) is 1.81. The van der Waals surface area contributed by atoms with Crippen molar-refractivity contribution in [2.75, 3.05) is 4.90 Å². The molecule has 0 saturated carbocycles. The zero-order chi connectivity index (χ0) is 15.9.